The standard InChI is InChI=1S/C26H26ClN5O4S/c1-14-10-15(26(34)35)11-19-23(14)29-24(25(33)28-16-6-8-31(9-7-16)18-2-3-18)32(19)13-17-12-20(36-30-17)21-4-5-22(27)37-21/h4-5,10-12,16,18H,2-3,6-9,13H2,1H3,(H,28,33)(H,34,35). The summed E-state index contributed by atoms with van der Waals surface area (Å²) in [6.45, 7) is 3.98. The van der Waals surface area contributed by atoms with Gasteiger partial charge in [-0.05, 0) is 62.4 Å². The van der Waals surface area contributed by atoms with Gasteiger partial charge in [-0.15, -0.1) is 11.3 Å². The van der Waals surface area contributed by atoms with Crippen molar-refractivity contribution in [3.05, 3.63) is 57.3 Å². The van der Waals surface area contributed by atoms with E-state index in [1.54, 1.807) is 35.8 Å². The number of hydrogen-bond donors (Lipinski definition) is 2. The van der Waals surface area contributed by atoms with Gasteiger partial charge in [-0.3, -0.25) is 4.79 Å². The zero-order chi connectivity index (χ0) is 25.7. The predicted octanol–water partition coefficient (Wildman–Crippen LogP) is 4.82. The van der Waals surface area contributed by atoms with Crippen molar-refractivity contribution < 1.29 is 19.2 Å². The molecule has 2 fully saturated rings. The molecular formula is C26H26ClN5O4S. The molecule has 1 aliphatic heterocycles. The number of thiophene rings is 1. The van der Waals surface area contributed by atoms with Crippen LogP contribution in [-0.4, -0.2) is 61.8 Å². The van der Waals surface area contributed by atoms with Gasteiger partial charge in [0.2, 0.25) is 0 Å². The summed E-state index contributed by atoms with van der Waals surface area (Å²) in [6.07, 6.45) is 4.37. The van der Waals surface area contributed by atoms with Crippen LogP contribution in [-0.2, 0) is 6.54 Å². The number of carboxylic acid groups (broad SMARTS) is 1. The van der Waals surface area contributed by atoms with E-state index in [0.29, 0.717) is 32.4 Å². The maximum atomic E-state index is 13.5. The van der Waals surface area contributed by atoms with Crippen molar-refractivity contribution in [2.75, 3.05) is 13.1 Å². The molecule has 4 heterocycles. The Kier molecular flexibility index (Phi) is 6.26. The number of imidazole rings is 1. The van der Waals surface area contributed by atoms with Gasteiger partial charge in [0.1, 0.15) is 5.69 Å². The van der Waals surface area contributed by atoms with Crippen molar-refractivity contribution in [1.82, 2.24) is 24.9 Å². The Morgan fingerprint density at radius 1 is 1.19 bits per heavy atom. The number of halogens is 1. The summed E-state index contributed by atoms with van der Waals surface area (Å²) >= 11 is 7.45. The van der Waals surface area contributed by atoms with E-state index in [0.717, 1.165) is 36.9 Å². The number of nitrogens with zero attached hydrogens (tertiary/aromatic N) is 4. The number of aromatic carboxylic acids is 1. The van der Waals surface area contributed by atoms with E-state index >= 15 is 0 Å². The number of amides is 1. The fourth-order valence-corrected chi connectivity index (χ4v) is 6.05. The molecule has 2 aliphatic rings. The number of aromatic nitrogens is 3. The van der Waals surface area contributed by atoms with Gasteiger partial charge in [-0.1, -0.05) is 16.8 Å². The maximum absolute atomic E-state index is 13.5. The summed E-state index contributed by atoms with van der Waals surface area (Å²) in [6, 6.07) is 9.39. The van der Waals surface area contributed by atoms with E-state index in [9.17, 15) is 14.7 Å². The van der Waals surface area contributed by atoms with Gasteiger partial charge >= 0.3 is 5.97 Å². The molecule has 3 aromatic heterocycles. The quantitative estimate of drug-likeness (QED) is 0.346. The Morgan fingerprint density at radius 3 is 2.65 bits per heavy atom. The van der Waals surface area contributed by atoms with Crippen LogP contribution in [0.25, 0.3) is 21.7 Å². The third-order valence-electron chi connectivity index (χ3n) is 7.12. The zero-order valence-corrected chi connectivity index (χ0v) is 21.8. The lowest BCUT2D eigenvalue weighted by atomic mass is 10.0. The highest BCUT2D eigenvalue weighted by Gasteiger charge is 2.33. The minimum atomic E-state index is -1.04. The number of hydrogen-bond acceptors (Lipinski definition) is 7. The number of carbonyl (C=O) groups is 2. The van der Waals surface area contributed by atoms with Crippen LogP contribution in [0.15, 0.2) is 34.9 Å². The molecule has 0 spiro atoms. The zero-order valence-electron chi connectivity index (χ0n) is 20.2. The van der Waals surface area contributed by atoms with Gasteiger partial charge in [0.05, 0.1) is 32.4 Å². The first-order valence-corrected chi connectivity index (χ1v) is 13.6. The third kappa shape index (κ3) is 4.88. The van der Waals surface area contributed by atoms with E-state index in [-0.39, 0.29) is 29.9 Å². The highest BCUT2D eigenvalue weighted by Crippen LogP contribution is 2.32. The number of rotatable bonds is 7. The molecular weight excluding hydrogens is 514 g/mol. The molecule has 4 aromatic rings. The molecule has 9 nitrogen and oxygen atoms in total. The van der Waals surface area contributed by atoms with Gasteiger partial charge in [-0.25, -0.2) is 9.78 Å². The summed E-state index contributed by atoms with van der Waals surface area (Å²) in [5.74, 6) is -0.503. The van der Waals surface area contributed by atoms with Crippen LogP contribution in [0.1, 0.15) is 57.9 Å². The first-order valence-electron chi connectivity index (χ1n) is 12.4. The smallest absolute Gasteiger partial charge is 0.335 e. The topological polar surface area (TPSA) is 113 Å². The van der Waals surface area contributed by atoms with Crippen molar-refractivity contribution in [3.8, 4) is 10.6 Å². The number of carboxylic acids is 1. The number of carbonyl (C=O) groups excluding carboxylic acids is 1. The normalized spacial score (nSPS) is 16.9. The SMILES string of the molecule is Cc1cc(C(=O)O)cc2c1nc(C(=O)NC1CCN(C3CC3)CC1)n2Cc1cc(-c2ccc(Cl)s2)on1. The highest BCUT2D eigenvalue weighted by molar-refractivity contribution is 7.19. The predicted molar refractivity (Wildman–Crippen MR) is 140 cm³/mol. The van der Waals surface area contributed by atoms with Crippen molar-refractivity contribution in [1.29, 1.82) is 0 Å². The summed E-state index contributed by atoms with van der Waals surface area (Å²) in [7, 11) is 0. The first-order chi connectivity index (χ1) is 17.9. The Balaban J connectivity index is 1.32. The highest BCUT2D eigenvalue weighted by atomic mass is 35.5. The van der Waals surface area contributed by atoms with E-state index in [4.69, 9.17) is 16.1 Å². The van der Waals surface area contributed by atoms with Gasteiger partial charge in [0.15, 0.2) is 11.6 Å². The lowest BCUT2D eigenvalue weighted by Gasteiger charge is -2.32. The van der Waals surface area contributed by atoms with Gasteiger partial charge in [0.25, 0.3) is 5.91 Å². The molecule has 0 bridgehead atoms. The van der Waals surface area contributed by atoms with Crippen LogP contribution in [0.2, 0.25) is 4.34 Å². The lowest BCUT2D eigenvalue weighted by molar-refractivity contribution is 0.0696. The van der Waals surface area contributed by atoms with Crippen LogP contribution in [0, 0.1) is 6.92 Å². The van der Waals surface area contributed by atoms with E-state index < -0.39 is 5.97 Å². The van der Waals surface area contributed by atoms with Crippen molar-refractivity contribution in [2.45, 2.75) is 51.2 Å². The molecule has 11 heteroatoms. The summed E-state index contributed by atoms with van der Waals surface area (Å²) < 4.78 is 7.91. The largest absolute Gasteiger partial charge is 0.478 e. The fraction of sp³-hybridized carbons (Fsp3) is 0.385. The first kappa shape index (κ1) is 24.1. The average molecular weight is 540 g/mol. The molecule has 37 heavy (non-hydrogen) atoms. The van der Waals surface area contributed by atoms with Crippen molar-refractivity contribution >= 4 is 45.8 Å². The van der Waals surface area contributed by atoms with Crippen LogP contribution in [0.3, 0.4) is 0 Å². The molecule has 1 amide bonds. The number of fused-ring (bicyclic) bond motifs is 1. The molecule has 1 saturated heterocycles. The summed E-state index contributed by atoms with van der Waals surface area (Å²) in [5.41, 5.74) is 2.57. The van der Waals surface area contributed by atoms with Crippen molar-refractivity contribution in [3.63, 3.8) is 0 Å². The summed E-state index contributed by atoms with van der Waals surface area (Å²) in [4.78, 5) is 33.3. The maximum Gasteiger partial charge on any atom is 0.335 e. The van der Waals surface area contributed by atoms with Crippen LogP contribution in [0.4, 0.5) is 0 Å². The number of aryl methyl sites for hydroxylation is 1. The second-order valence-electron chi connectivity index (χ2n) is 9.79. The Hall–Kier alpha value is -3.21. The van der Waals surface area contributed by atoms with E-state index in [2.05, 4.69) is 20.4 Å². The van der Waals surface area contributed by atoms with Gasteiger partial charge < -0.3 is 24.4 Å². The molecule has 2 N–H and O–H groups in total. The monoisotopic (exact) mass is 539 g/mol. The van der Waals surface area contributed by atoms with Gasteiger partial charge in [-0.2, -0.15) is 0 Å². The van der Waals surface area contributed by atoms with E-state index in [1.807, 2.05) is 6.07 Å². The molecule has 0 unspecified atom stereocenters. The molecule has 6 rings (SSSR count). The summed E-state index contributed by atoms with van der Waals surface area (Å²) in [5, 5.41) is 17.0. The Labute approximate surface area is 222 Å². The fourth-order valence-electron chi connectivity index (χ4n) is 5.06. The Morgan fingerprint density at radius 2 is 1.97 bits per heavy atom. The van der Waals surface area contributed by atoms with Crippen LogP contribution >= 0.6 is 22.9 Å². The van der Waals surface area contributed by atoms with Crippen molar-refractivity contribution in [2.24, 2.45) is 0 Å². The average Bonchev–Trinajstić information content (AvgIpc) is 3.28. The molecule has 1 saturated carbocycles. The third-order valence-corrected chi connectivity index (χ3v) is 8.36. The van der Waals surface area contributed by atoms with E-state index in [1.165, 1.54) is 24.2 Å². The molecule has 192 valence electrons. The minimum Gasteiger partial charge on any atom is -0.478 e. The Bertz CT molecular complexity index is 1500. The number of likely N-dealkylation sites (tertiary alicyclic amines) is 1. The second kappa shape index (κ2) is 9.59. The van der Waals surface area contributed by atoms with Gasteiger partial charge in [0, 0.05) is 31.2 Å². The number of benzene rings is 1. The molecule has 0 radical (unpaired) electrons. The van der Waals surface area contributed by atoms with Crippen LogP contribution < -0.4 is 5.32 Å². The lowest BCUT2D eigenvalue weighted by Crippen LogP contribution is -2.45. The number of piperidine rings is 1. The molecule has 1 aromatic carbocycles. The second-order valence-corrected chi connectivity index (χ2v) is 11.5. The molecule has 0 atom stereocenters. The molecule has 1 aliphatic carbocycles. The van der Waals surface area contributed by atoms with Crippen LogP contribution in [0.5, 0.6) is 0 Å². The minimum absolute atomic E-state index is 0.0775. The number of nitrogens with one attached hydrogen (secondary N) is 1.